The number of aryl methyl sites for hydroxylation is 1. The van der Waals surface area contributed by atoms with E-state index in [-0.39, 0.29) is 55.4 Å². The lowest BCUT2D eigenvalue weighted by Gasteiger charge is -2.42. The zero-order valence-electron chi connectivity index (χ0n) is 26.6. The number of hydrogen-bond donors (Lipinski definition) is 0. The molecule has 0 radical (unpaired) electrons. The van der Waals surface area contributed by atoms with Crippen molar-refractivity contribution in [2.24, 2.45) is 11.8 Å². The first kappa shape index (κ1) is 35.7. The van der Waals surface area contributed by atoms with Crippen molar-refractivity contribution in [3.63, 3.8) is 0 Å². The van der Waals surface area contributed by atoms with Gasteiger partial charge in [-0.05, 0) is 83.6 Å². The van der Waals surface area contributed by atoms with Crippen LogP contribution in [0, 0.1) is 24.6 Å². The highest BCUT2D eigenvalue weighted by molar-refractivity contribution is 5.83. The maximum absolute atomic E-state index is 14.1. The number of rotatable bonds is 7. The van der Waals surface area contributed by atoms with Crippen LogP contribution in [-0.2, 0) is 39.8 Å². The van der Waals surface area contributed by atoms with Gasteiger partial charge in [0.1, 0.15) is 18.7 Å². The Hall–Kier alpha value is -4.57. The Morgan fingerprint density at radius 2 is 1.53 bits per heavy atom. The maximum atomic E-state index is 14.1. The molecule has 0 saturated carbocycles. The van der Waals surface area contributed by atoms with Gasteiger partial charge in [-0.2, -0.15) is 26.3 Å². The first-order valence-electron chi connectivity index (χ1n) is 15.6. The molecule has 2 fully saturated rings. The van der Waals surface area contributed by atoms with Gasteiger partial charge in [0.25, 0.3) is 0 Å². The summed E-state index contributed by atoms with van der Waals surface area (Å²) in [4.78, 5) is 44.6. The van der Waals surface area contributed by atoms with Gasteiger partial charge in [0.15, 0.2) is 0 Å². The molecule has 10 nitrogen and oxygen atoms in total. The van der Waals surface area contributed by atoms with Crippen LogP contribution in [0.2, 0.25) is 0 Å². The van der Waals surface area contributed by atoms with Gasteiger partial charge in [0.05, 0.1) is 11.1 Å². The fourth-order valence-corrected chi connectivity index (χ4v) is 6.69. The second-order valence-electron chi connectivity index (χ2n) is 12.6. The molecule has 264 valence electrons. The van der Waals surface area contributed by atoms with Crippen LogP contribution in [0.4, 0.5) is 30.7 Å². The SMILES string of the molecule is Cc1cc(F)ccc1C1CN(C(=O)C2CCN(C(=O)Cn3cnnn3)CC2)CCC1C(=O)N(C)Cc1cc(C(F)(F)F)cc(C(F)(F)F)c1. The molecule has 2 aliphatic heterocycles. The molecular weight excluding hydrogens is 663 g/mol. The Labute approximate surface area is 276 Å². The van der Waals surface area contributed by atoms with Crippen molar-refractivity contribution in [2.45, 2.75) is 57.5 Å². The van der Waals surface area contributed by atoms with Crippen molar-refractivity contribution in [1.82, 2.24) is 34.9 Å². The van der Waals surface area contributed by atoms with Gasteiger partial charge in [-0.3, -0.25) is 14.4 Å². The van der Waals surface area contributed by atoms with E-state index in [1.165, 1.54) is 36.3 Å². The smallest absolute Gasteiger partial charge is 0.342 e. The lowest BCUT2D eigenvalue weighted by Crippen LogP contribution is -2.51. The Morgan fingerprint density at radius 3 is 2.10 bits per heavy atom. The minimum atomic E-state index is -5.04. The molecule has 3 heterocycles. The highest BCUT2D eigenvalue weighted by Crippen LogP contribution is 2.39. The number of likely N-dealkylation sites (tertiary alicyclic amines) is 2. The first-order valence-corrected chi connectivity index (χ1v) is 15.6. The number of halogens is 7. The number of piperidine rings is 2. The standard InChI is InChI=1S/C32H34F7N7O3/c1-19-11-24(33)3-4-25(19)27-16-45(29(48)21-5-8-44(9-6-21)28(47)17-46-18-40-41-42-46)10-7-26(27)30(49)43(2)15-20-12-22(31(34,35)36)14-23(13-20)32(37,38)39/h3-4,11-14,18,21,26-27H,5-10,15-17H2,1-2H3. The summed E-state index contributed by atoms with van der Waals surface area (Å²) in [6, 6.07) is 5.27. The van der Waals surface area contributed by atoms with E-state index in [1.807, 2.05) is 0 Å². The van der Waals surface area contributed by atoms with Crippen molar-refractivity contribution in [1.29, 1.82) is 0 Å². The van der Waals surface area contributed by atoms with Crippen LogP contribution >= 0.6 is 0 Å². The summed E-state index contributed by atoms with van der Waals surface area (Å²) < 4.78 is 96.1. The highest BCUT2D eigenvalue weighted by Gasteiger charge is 2.41. The molecule has 0 N–H and O–H groups in total. The number of alkyl halides is 6. The molecular formula is C32H34F7N7O3. The summed E-state index contributed by atoms with van der Waals surface area (Å²) >= 11 is 0. The number of aromatic nitrogens is 4. The van der Waals surface area contributed by atoms with Gasteiger partial charge >= 0.3 is 12.4 Å². The molecule has 3 amide bonds. The molecule has 49 heavy (non-hydrogen) atoms. The largest absolute Gasteiger partial charge is 0.416 e. The highest BCUT2D eigenvalue weighted by atomic mass is 19.4. The van der Waals surface area contributed by atoms with Gasteiger partial charge in [0.2, 0.25) is 17.7 Å². The summed E-state index contributed by atoms with van der Waals surface area (Å²) in [5.74, 6) is -3.17. The molecule has 3 aromatic rings. The normalized spacial score (nSPS) is 19.2. The summed E-state index contributed by atoms with van der Waals surface area (Å²) in [5, 5.41) is 10.7. The van der Waals surface area contributed by atoms with Crippen LogP contribution < -0.4 is 0 Å². The Morgan fingerprint density at radius 1 is 0.898 bits per heavy atom. The van der Waals surface area contributed by atoms with Crippen molar-refractivity contribution in [3.8, 4) is 0 Å². The quantitative estimate of drug-likeness (QED) is 0.332. The second kappa shape index (κ2) is 14.1. The van der Waals surface area contributed by atoms with E-state index in [2.05, 4.69) is 15.5 Å². The summed E-state index contributed by atoms with van der Waals surface area (Å²) in [5.41, 5.74) is -2.17. The number of benzene rings is 2. The Balaban J connectivity index is 1.31. The number of amides is 3. The van der Waals surface area contributed by atoms with Crippen LogP contribution in [0.3, 0.4) is 0 Å². The van der Waals surface area contributed by atoms with Crippen LogP contribution in [0.5, 0.6) is 0 Å². The number of tetrazole rings is 1. The number of nitrogens with zero attached hydrogens (tertiary/aromatic N) is 7. The molecule has 2 unspecified atom stereocenters. The van der Waals surface area contributed by atoms with Crippen molar-refractivity contribution < 1.29 is 45.1 Å². The minimum absolute atomic E-state index is 0.0302. The molecule has 5 rings (SSSR count). The van der Waals surface area contributed by atoms with Crippen LogP contribution in [0.25, 0.3) is 0 Å². The third-order valence-corrected chi connectivity index (χ3v) is 9.20. The fourth-order valence-electron chi connectivity index (χ4n) is 6.69. The molecule has 17 heteroatoms. The van der Waals surface area contributed by atoms with E-state index in [0.29, 0.717) is 49.2 Å². The number of carbonyl (C=O) groups is 3. The van der Waals surface area contributed by atoms with E-state index >= 15 is 0 Å². The predicted octanol–water partition coefficient (Wildman–Crippen LogP) is 4.69. The van der Waals surface area contributed by atoms with Crippen molar-refractivity contribution in [2.75, 3.05) is 33.2 Å². The van der Waals surface area contributed by atoms with Gasteiger partial charge in [-0.25, -0.2) is 9.07 Å². The van der Waals surface area contributed by atoms with Crippen LogP contribution in [-0.4, -0.2) is 85.9 Å². The summed E-state index contributed by atoms with van der Waals surface area (Å²) in [7, 11) is 1.30. The molecule has 0 spiro atoms. The number of carbonyl (C=O) groups excluding carboxylic acids is 3. The lowest BCUT2D eigenvalue weighted by molar-refractivity contribution is -0.145. The summed E-state index contributed by atoms with van der Waals surface area (Å²) in [6.45, 7) is 2.08. The summed E-state index contributed by atoms with van der Waals surface area (Å²) in [6.07, 6.45) is -7.75. The fraction of sp³-hybridized carbons (Fsp3) is 0.500. The minimum Gasteiger partial charge on any atom is -0.342 e. The monoisotopic (exact) mass is 697 g/mol. The van der Waals surface area contributed by atoms with Gasteiger partial charge in [-0.15, -0.1) is 5.10 Å². The van der Waals surface area contributed by atoms with Crippen molar-refractivity contribution in [3.05, 3.63) is 76.4 Å². The molecule has 2 saturated heterocycles. The third kappa shape index (κ3) is 8.36. The third-order valence-electron chi connectivity index (χ3n) is 9.20. The van der Waals surface area contributed by atoms with E-state index < -0.39 is 53.6 Å². The first-order chi connectivity index (χ1) is 23.0. The van der Waals surface area contributed by atoms with E-state index in [0.717, 1.165) is 4.90 Å². The molecule has 1 aromatic heterocycles. The Bertz CT molecular complexity index is 1640. The van der Waals surface area contributed by atoms with Gasteiger partial charge < -0.3 is 14.7 Å². The van der Waals surface area contributed by atoms with E-state index in [4.69, 9.17) is 0 Å². The lowest BCUT2D eigenvalue weighted by atomic mass is 9.77. The van der Waals surface area contributed by atoms with Crippen LogP contribution in [0.1, 0.15) is 53.0 Å². The van der Waals surface area contributed by atoms with E-state index in [9.17, 15) is 45.1 Å². The van der Waals surface area contributed by atoms with Crippen LogP contribution in [0.15, 0.2) is 42.7 Å². The molecule has 2 atom stereocenters. The molecule has 0 bridgehead atoms. The molecule has 2 aliphatic rings. The molecule has 0 aliphatic carbocycles. The Kier molecular flexibility index (Phi) is 10.3. The predicted molar refractivity (Wildman–Crippen MR) is 159 cm³/mol. The van der Waals surface area contributed by atoms with Crippen molar-refractivity contribution >= 4 is 17.7 Å². The average Bonchev–Trinajstić information content (AvgIpc) is 3.56. The van der Waals surface area contributed by atoms with Gasteiger partial charge in [0, 0.05) is 57.5 Å². The van der Waals surface area contributed by atoms with E-state index in [1.54, 1.807) is 16.7 Å². The van der Waals surface area contributed by atoms with Gasteiger partial charge in [-0.1, -0.05) is 6.07 Å². The zero-order valence-corrected chi connectivity index (χ0v) is 26.6. The second-order valence-corrected chi connectivity index (χ2v) is 12.6. The zero-order chi connectivity index (χ0) is 35.7. The number of hydrogen-bond acceptors (Lipinski definition) is 6. The maximum Gasteiger partial charge on any atom is 0.416 e. The average molecular weight is 698 g/mol. The molecule has 2 aromatic carbocycles. The topological polar surface area (TPSA) is 105 Å².